The molecule has 0 saturated carbocycles. The van der Waals surface area contributed by atoms with Crippen LogP contribution in [0.2, 0.25) is 0 Å². The Kier molecular flexibility index (Phi) is 7.40. The Hall–Kier alpha value is -3.08. The van der Waals surface area contributed by atoms with Crippen LogP contribution in [0.25, 0.3) is 6.08 Å². The second-order valence-corrected chi connectivity index (χ2v) is 10.5. The summed E-state index contributed by atoms with van der Waals surface area (Å²) in [7, 11) is -4.09. The molecule has 10 heteroatoms. The summed E-state index contributed by atoms with van der Waals surface area (Å²) in [6.45, 7) is 0.233. The van der Waals surface area contributed by atoms with Gasteiger partial charge in [0.1, 0.15) is 23.0 Å². The number of rotatable bonds is 8. The zero-order chi connectivity index (χ0) is 24.1. The lowest BCUT2D eigenvalue weighted by Gasteiger charge is -2.13. The van der Waals surface area contributed by atoms with Crippen LogP contribution in [-0.4, -0.2) is 37.6 Å². The summed E-state index contributed by atoms with van der Waals surface area (Å²) >= 11 is 4.12. The third-order valence-corrected chi connectivity index (χ3v) is 7.34. The third-order valence-electron chi connectivity index (χ3n) is 4.69. The molecule has 1 aliphatic rings. The monoisotopic (exact) mass is 559 g/mol. The highest BCUT2D eigenvalue weighted by Gasteiger charge is 2.35. The van der Waals surface area contributed by atoms with Crippen LogP contribution in [0, 0.1) is 0 Å². The molecule has 0 N–H and O–H groups in total. The van der Waals surface area contributed by atoms with Crippen LogP contribution in [0.4, 0.5) is 4.79 Å². The molecule has 0 unspecified atom stereocenters. The van der Waals surface area contributed by atoms with E-state index in [1.165, 1.54) is 24.3 Å². The minimum Gasteiger partial charge on any atom is -0.492 e. The molecule has 174 valence electrons. The molecule has 0 aliphatic carbocycles. The Labute approximate surface area is 209 Å². The molecule has 1 heterocycles. The number of ether oxygens (including phenoxy) is 1. The molecule has 0 bridgehead atoms. The third kappa shape index (κ3) is 5.69. The van der Waals surface area contributed by atoms with Crippen LogP contribution in [0.5, 0.6) is 11.5 Å². The number of benzene rings is 3. The van der Waals surface area contributed by atoms with Crippen molar-refractivity contribution >= 4 is 55.0 Å². The van der Waals surface area contributed by atoms with Crippen molar-refractivity contribution in [3.05, 3.63) is 93.8 Å². The average molecular weight is 560 g/mol. The highest BCUT2D eigenvalue weighted by molar-refractivity contribution is 9.10. The quantitative estimate of drug-likeness (QED) is 0.272. The number of imide groups is 1. The summed E-state index contributed by atoms with van der Waals surface area (Å²) in [5.41, 5.74) is 0.333. The van der Waals surface area contributed by atoms with Gasteiger partial charge in [0.25, 0.3) is 11.1 Å². The summed E-state index contributed by atoms with van der Waals surface area (Å²) in [4.78, 5) is 26.5. The van der Waals surface area contributed by atoms with Crippen molar-refractivity contribution in [2.45, 2.75) is 4.90 Å². The number of thioether (sulfide) groups is 1. The molecule has 3 aromatic rings. The van der Waals surface area contributed by atoms with Crippen molar-refractivity contribution in [1.29, 1.82) is 0 Å². The van der Waals surface area contributed by atoms with Gasteiger partial charge in [-0.2, -0.15) is 8.42 Å². The molecule has 0 radical (unpaired) electrons. The minimum absolute atomic E-state index is 0.00242. The summed E-state index contributed by atoms with van der Waals surface area (Å²) in [6.07, 6.45) is 1.45. The molecule has 1 aliphatic heterocycles. The SMILES string of the molecule is O=C1S/C(=C\c2cc(Br)ccc2OS(=O)(=O)c2ccccc2)C(=O)N1CCOc1ccccc1. The summed E-state index contributed by atoms with van der Waals surface area (Å²) in [5.74, 6) is 0.190. The smallest absolute Gasteiger partial charge is 0.339 e. The number of halogens is 1. The predicted molar refractivity (Wildman–Crippen MR) is 133 cm³/mol. The molecular weight excluding hydrogens is 542 g/mol. The Balaban J connectivity index is 1.52. The maximum Gasteiger partial charge on any atom is 0.339 e. The lowest BCUT2D eigenvalue weighted by Crippen LogP contribution is -2.32. The van der Waals surface area contributed by atoms with Gasteiger partial charge in [0, 0.05) is 10.0 Å². The van der Waals surface area contributed by atoms with Crippen LogP contribution in [0.15, 0.2) is 93.1 Å². The van der Waals surface area contributed by atoms with Gasteiger partial charge in [0.15, 0.2) is 0 Å². The Morgan fingerprint density at radius 2 is 1.62 bits per heavy atom. The first kappa shape index (κ1) is 24.1. The van der Waals surface area contributed by atoms with E-state index in [2.05, 4.69) is 15.9 Å². The molecule has 1 saturated heterocycles. The van der Waals surface area contributed by atoms with Crippen LogP contribution in [0.3, 0.4) is 0 Å². The largest absolute Gasteiger partial charge is 0.492 e. The Bertz CT molecular complexity index is 1340. The van der Waals surface area contributed by atoms with Gasteiger partial charge < -0.3 is 8.92 Å². The van der Waals surface area contributed by atoms with E-state index in [0.29, 0.717) is 15.8 Å². The molecule has 0 aromatic heterocycles. The van der Waals surface area contributed by atoms with Gasteiger partial charge in [0.2, 0.25) is 0 Å². The second-order valence-electron chi connectivity index (χ2n) is 7.03. The fourth-order valence-electron chi connectivity index (χ4n) is 3.07. The van der Waals surface area contributed by atoms with Gasteiger partial charge in [-0.25, -0.2) is 0 Å². The number of hydrogen-bond acceptors (Lipinski definition) is 7. The summed E-state index contributed by atoms with van der Waals surface area (Å²) in [6, 6.07) is 21.5. The van der Waals surface area contributed by atoms with E-state index in [1.807, 2.05) is 18.2 Å². The number of nitrogens with zero attached hydrogens (tertiary/aromatic N) is 1. The number of para-hydroxylation sites is 1. The highest BCUT2D eigenvalue weighted by Crippen LogP contribution is 2.35. The maximum absolute atomic E-state index is 12.9. The van der Waals surface area contributed by atoms with E-state index >= 15 is 0 Å². The maximum atomic E-state index is 12.9. The molecule has 0 atom stereocenters. The lowest BCUT2D eigenvalue weighted by atomic mass is 10.2. The van der Waals surface area contributed by atoms with Crippen LogP contribution >= 0.6 is 27.7 Å². The molecule has 1 fully saturated rings. The van der Waals surface area contributed by atoms with Gasteiger partial charge in [-0.3, -0.25) is 14.5 Å². The fourth-order valence-corrected chi connectivity index (χ4v) is 5.28. The highest BCUT2D eigenvalue weighted by atomic mass is 79.9. The Morgan fingerprint density at radius 1 is 0.941 bits per heavy atom. The fraction of sp³-hybridized carbons (Fsp3) is 0.0833. The number of carbonyl (C=O) groups excluding carboxylic acids is 2. The molecule has 4 rings (SSSR count). The molecule has 34 heavy (non-hydrogen) atoms. The molecule has 7 nitrogen and oxygen atoms in total. The standard InChI is InChI=1S/C24H18BrNO6S2/c25-18-11-12-21(32-34(29,30)20-9-5-2-6-10-20)17(15-18)16-22-23(27)26(24(28)33-22)13-14-31-19-7-3-1-4-8-19/h1-12,15-16H,13-14H2/b22-16-. The van der Waals surface area contributed by atoms with E-state index in [4.69, 9.17) is 8.92 Å². The van der Waals surface area contributed by atoms with Crippen LogP contribution < -0.4 is 8.92 Å². The number of hydrogen-bond donors (Lipinski definition) is 0. The second kappa shape index (κ2) is 10.5. The van der Waals surface area contributed by atoms with Crippen molar-refractivity contribution in [2.24, 2.45) is 0 Å². The predicted octanol–water partition coefficient (Wildman–Crippen LogP) is 5.33. The van der Waals surface area contributed by atoms with Gasteiger partial charge in [-0.05, 0) is 60.3 Å². The topological polar surface area (TPSA) is 90.0 Å². The van der Waals surface area contributed by atoms with Crippen molar-refractivity contribution in [3.8, 4) is 11.5 Å². The van der Waals surface area contributed by atoms with Crippen LogP contribution in [-0.2, 0) is 14.9 Å². The Morgan fingerprint density at radius 3 is 2.32 bits per heavy atom. The molecule has 3 aromatic carbocycles. The van der Waals surface area contributed by atoms with E-state index in [9.17, 15) is 18.0 Å². The number of amides is 2. The normalized spacial score (nSPS) is 15.1. The molecular formula is C24H18BrNO6S2. The summed E-state index contributed by atoms with van der Waals surface area (Å²) in [5, 5.41) is -0.428. The van der Waals surface area contributed by atoms with E-state index in [1.54, 1.807) is 42.5 Å². The van der Waals surface area contributed by atoms with Gasteiger partial charge in [-0.15, -0.1) is 0 Å². The minimum atomic E-state index is -4.09. The summed E-state index contributed by atoms with van der Waals surface area (Å²) < 4.78 is 36.9. The van der Waals surface area contributed by atoms with E-state index in [0.717, 1.165) is 16.7 Å². The van der Waals surface area contributed by atoms with Crippen molar-refractivity contribution in [2.75, 3.05) is 13.2 Å². The van der Waals surface area contributed by atoms with Gasteiger partial charge in [0.05, 0.1) is 11.4 Å². The van der Waals surface area contributed by atoms with E-state index < -0.39 is 21.3 Å². The first-order valence-corrected chi connectivity index (χ1v) is 13.1. The number of carbonyl (C=O) groups is 2. The van der Waals surface area contributed by atoms with Crippen molar-refractivity contribution in [3.63, 3.8) is 0 Å². The molecule has 0 spiro atoms. The van der Waals surface area contributed by atoms with Crippen LogP contribution in [0.1, 0.15) is 5.56 Å². The average Bonchev–Trinajstić information content (AvgIpc) is 3.09. The zero-order valence-corrected chi connectivity index (χ0v) is 20.8. The van der Waals surface area contributed by atoms with Crippen molar-refractivity contribution < 1.29 is 26.9 Å². The van der Waals surface area contributed by atoms with Crippen molar-refractivity contribution in [1.82, 2.24) is 4.90 Å². The zero-order valence-electron chi connectivity index (χ0n) is 17.6. The van der Waals surface area contributed by atoms with Gasteiger partial charge >= 0.3 is 10.1 Å². The first-order valence-electron chi connectivity index (χ1n) is 10.1. The molecule has 2 amide bonds. The van der Waals surface area contributed by atoms with Gasteiger partial charge in [-0.1, -0.05) is 52.3 Å². The lowest BCUT2D eigenvalue weighted by molar-refractivity contribution is -0.123. The first-order chi connectivity index (χ1) is 16.3. The van der Waals surface area contributed by atoms with E-state index in [-0.39, 0.29) is 28.7 Å².